The SMILES string of the molecule is CCCCCCCC/C=C\CCCCCCCC(=O)OC(COCCC(C(=O)[O-])[N+](C)(C)C)COC(=O)CCCCCCCCCCCCCCCCCCCCCC. The van der Waals surface area contributed by atoms with E-state index in [1.54, 1.807) is 21.1 Å². The van der Waals surface area contributed by atoms with Crippen molar-refractivity contribution in [1.29, 1.82) is 0 Å². The van der Waals surface area contributed by atoms with Crippen molar-refractivity contribution in [3.63, 3.8) is 0 Å². The minimum Gasteiger partial charge on any atom is -0.544 e. The van der Waals surface area contributed by atoms with E-state index in [0.717, 1.165) is 51.4 Å². The number of rotatable bonds is 46. The fourth-order valence-electron chi connectivity index (χ4n) is 7.71. The summed E-state index contributed by atoms with van der Waals surface area (Å²) in [6.45, 7) is 4.69. The molecular formula is C51H97NO7. The number of allylic oxidation sites excluding steroid dienone is 2. The summed E-state index contributed by atoms with van der Waals surface area (Å²) in [5.41, 5.74) is 0. The van der Waals surface area contributed by atoms with E-state index in [9.17, 15) is 19.5 Å². The van der Waals surface area contributed by atoms with Crippen LogP contribution in [0.1, 0.15) is 245 Å². The fraction of sp³-hybridized carbons (Fsp3) is 0.902. The number of carbonyl (C=O) groups excluding carboxylic acids is 3. The topological polar surface area (TPSA) is 102 Å². The molecule has 0 bridgehead atoms. The zero-order valence-electron chi connectivity index (χ0n) is 39.7. The molecule has 0 aliphatic rings. The number of hydrogen-bond donors (Lipinski definition) is 0. The molecule has 8 nitrogen and oxygen atoms in total. The number of carboxylic acids is 1. The molecule has 0 aromatic rings. The zero-order valence-corrected chi connectivity index (χ0v) is 39.7. The van der Waals surface area contributed by atoms with Crippen molar-refractivity contribution < 1.29 is 38.2 Å². The molecule has 8 heteroatoms. The summed E-state index contributed by atoms with van der Waals surface area (Å²) in [7, 11) is 5.42. The largest absolute Gasteiger partial charge is 0.544 e. The van der Waals surface area contributed by atoms with Crippen LogP contribution in [0.3, 0.4) is 0 Å². The standard InChI is InChI=1S/C51H97NO7/c1-6-8-10-12-14-16-18-20-22-23-24-25-26-28-29-31-33-35-37-39-41-49(53)58-46-47(45-57-44-43-48(51(55)56)52(3,4)5)59-50(54)42-40-38-36-34-32-30-27-21-19-17-15-13-11-9-7-2/h21,27,47-48H,6-20,22-26,28-46H2,1-5H3/b27-21-. The molecule has 0 rings (SSSR count). The van der Waals surface area contributed by atoms with Crippen LogP contribution in [0.4, 0.5) is 0 Å². The van der Waals surface area contributed by atoms with Crippen molar-refractivity contribution in [1.82, 2.24) is 0 Å². The number of carboxylic acid groups (broad SMARTS) is 1. The molecule has 0 fully saturated rings. The normalized spacial score (nSPS) is 12.9. The summed E-state index contributed by atoms with van der Waals surface area (Å²) in [5.74, 6) is -1.73. The second-order valence-corrected chi connectivity index (χ2v) is 18.4. The van der Waals surface area contributed by atoms with Gasteiger partial charge in [0.05, 0.1) is 40.3 Å². The Morgan fingerprint density at radius 3 is 1.22 bits per heavy atom. The van der Waals surface area contributed by atoms with E-state index in [-0.39, 0.29) is 42.7 Å². The maximum atomic E-state index is 12.7. The van der Waals surface area contributed by atoms with Crippen LogP contribution in [-0.4, -0.2) is 75.5 Å². The number of likely N-dealkylation sites (N-methyl/N-ethyl adjacent to an activating group) is 1. The van der Waals surface area contributed by atoms with Gasteiger partial charge in [0.15, 0.2) is 6.10 Å². The second kappa shape index (κ2) is 42.7. The van der Waals surface area contributed by atoms with Crippen LogP contribution in [0.2, 0.25) is 0 Å². The molecule has 348 valence electrons. The van der Waals surface area contributed by atoms with Crippen molar-refractivity contribution in [3.8, 4) is 0 Å². The minimum absolute atomic E-state index is 0.0433. The third-order valence-corrected chi connectivity index (χ3v) is 11.7. The number of nitrogens with zero attached hydrogens (tertiary/aromatic N) is 1. The van der Waals surface area contributed by atoms with Gasteiger partial charge in [0.2, 0.25) is 0 Å². The quantitative estimate of drug-likeness (QED) is 0.0260. The Morgan fingerprint density at radius 2 is 0.847 bits per heavy atom. The summed E-state index contributed by atoms with van der Waals surface area (Å²) in [5, 5.41) is 11.6. The van der Waals surface area contributed by atoms with Crippen LogP contribution in [0.5, 0.6) is 0 Å². The number of aliphatic carboxylic acids is 1. The lowest BCUT2D eigenvalue weighted by molar-refractivity contribution is -0.889. The molecule has 0 aliphatic heterocycles. The van der Waals surface area contributed by atoms with Gasteiger partial charge in [-0.1, -0.05) is 199 Å². The highest BCUT2D eigenvalue weighted by Crippen LogP contribution is 2.16. The highest BCUT2D eigenvalue weighted by molar-refractivity contribution is 5.70. The maximum Gasteiger partial charge on any atom is 0.306 e. The third kappa shape index (κ3) is 41.2. The van der Waals surface area contributed by atoms with E-state index in [2.05, 4.69) is 26.0 Å². The molecule has 59 heavy (non-hydrogen) atoms. The van der Waals surface area contributed by atoms with E-state index >= 15 is 0 Å². The van der Waals surface area contributed by atoms with Crippen molar-refractivity contribution in [2.75, 3.05) is 41.0 Å². The minimum atomic E-state index is -1.12. The number of ether oxygens (including phenoxy) is 3. The summed E-state index contributed by atoms with van der Waals surface area (Å²) in [6, 6.07) is -0.723. The molecule has 2 unspecified atom stereocenters. The Morgan fingerprint density at radius 1 is 0.492 bits per heavy atom. The maximum absolute atomic E-state index is 12.7. The van der Waals surface area contributed by atoms with Gasteiger partial charge in [0.25, 0.3) is 0 Å². The predicted octanol–water partition coefficient (Wildman–Crippen LogP) is 12.9. The third-order valence-electron chi connectivity index (χ3n) is 11.7. The van der Waals surface area contributed by atoms with Crippen LogP contribution in [0, 0.1) is 0 Å². The van der Waals surface area contributed by atoms with Crippen LogP contribution in [-0.2, 0) is 28.6 Å². The molecule has 2 atom stereocenters. The average molecular weight is 836 g/mol. The Bertz CT molecular complexity index is 978. The van der Waals surface area contributed by atoms with Crippen molar-refractivity contribution >= 4 is 17.9 Å². The van der Waals surface area contributed by atoms with Gasteiger partial charge >= 0.3 is 11.9 Å². The van der Waals surface area contributed by atoms with E-state index in [1.807, 2.05) is 0 Å². The smallest absolute Gasteiger partial charge is 0.306 e. The first-order valence-electron chi connectivity index (χ1n) is 25.2. The molecule has 0 aromatic carbocycles. The number of hydrogen-bond acceptors (Lipinski definition) is 7. The fourth-order valence-corrected chi connectivity index (χ4v) is 7.71. The Balaban J connectivity index is 4.21. The first-order chi connectivity index (χ1) is 28.6. The van der Waals surface area contributed by atoms with Gasteiger partial charge in [0.1, 0.15) is 12.6 Å². The number of unbranched alkanes of at least 4 members (excludes halogenated alkanes) is 30. The molecule has 0 amide bonds. The Hall–Kier alpha value is -1.93. The van der Waals surface area contributed by atoms with Gasteiger partial charge in [-0.15, -0.1) is 0 Å². The van der Waals surface area contributed by atoms with Gasteiger partial charge in [-0.05, 0) is 38.5 Å². The highest BCUT2D eigenvalue weighted by Gasteiger charge is 2.25. The van der Waals surface area contributed by atoms with Gasteiger partial charge in [-0.3, -0.25) is 9.59 Å². The van der Waals surface area contributed by atoms with E-state index in [1.165, 1.54) is 161 Å². The van der Waals surface area contributed by atoms with Crippen LogP contribution >= 0.6 is 0 Å². The molecule has 0 aromatic heterocycles. The van der Waals surface area contributed by atoms with E-state index < -0.39 is 18.1 Å². The average Bonchev–Trinajstić information content (AvgIpc) is 3.19. The first kappa shape index (κ1) is 57.1. The Labute approximate surface area is 365 Å². The lowest BCUT2D eigenvalue weighted by Gasteiger charge is -2.34. The molecule has 0 N–H and O–H groups in total. The van der Waals surface area contributed by atoms with E-state index in [4.69, 9.17) is 14.2 Å². The molecule has 0 heterocycles. The molecule has 0 saturated heterocycles. The number of quaternary nitrogens is 1. The van der Waals surface area contributed by atoms with E-state index in [0.29, 0.717) is 12.8 Å². The molecule has 0 radical (unpaired) electrons. The van der Waals surface area contributed by atoms with Crippen molar-refractivity contribution in [2.45, 2.75) is 257 Å². The second-order valence-electron chi connectivity index (χ2n) is 18.4. The summed E-state index contributed by atoms with van der Waals surface area (Å²) < 4.78 is 17.2. The van der Waals surface area contributed by atoms with Gasteiger partial charge in [0, 0.05) is 19.3 Å². The van der Waals surface area contributed by atoms with Crippen molar-refractivity contribution in [2.24, 2.45) is 0 Å². The number of esters is 2. The van der Waals surface area contributed by atoms with Gasteiger partial charge in [-0.25, -0.2) is 0 Å². The zero-order chi connectivity index (χ0) is 43.5. The van der Waals surface area contributed by atoms with Gasteiger partial charge < -0.3 is 28.6 Å². The lowest BCUT2D eigenvalue weighted by atomic mass is 10.0. The molecular weight excluding hydrogens is 739 g/mol. The summed E-state index contributed by atoms with van der Waals surface area (Å²) >= 11 is 0. The molecule has 0 saturated carbocycles. The monoisotopic (exact) mass is 836 g/mol. The molecule has 0 spiro atoms. The van der Waals surface area contributed by atoms with Gasteiger partial charge in [-0.2, -0.15) is 0 Å². The predicted molar refractivity (Wildman–Crippen MR) is 245 cm³/mol. The van der Waals surface area contributed by atoms with Crippen LogP contribution < -0.4 is 5.11 Å². The summed E-state index contributed by atoms with van der Waals surface area (Å²) in [6.07, 6.45) is 46.7. The lowest BCUT2D eigenvalue weighted by Crippen LogP contribution is -2.55. The highest BCUT2D eigenvalue weighted by atomic mass is 16.6. The van der Waals surface area contributed by atoms with Crippen LogP contribution in [0.25, 0.3) is 0 Å². The Kier molecular flexibility index (Phi) is 41.3. The van der Waals surface area contributed by atoms with Crippen molar-refractivity contribution in [3.05, 3.63) is 12.2 Å². The number of carbonyl (C=O) groups is 3. The van der Waals surface area contributed by atoms with Crippen LogP contribution in [0.15, 0.2) is 12.2 Å². The first-order valence-corrected chi connectivity index (χ1v) is 25.2. The summed E-state index contributed by atoms with van der Waals surface area (Å²) in [4.78, 5) is 37.0. The molecule has 0 aliphatic carbocycles.